The molecule has 0 aliphatic rings. The molecule has 0 aliphatic carbocycles. The predicted molar refractivity (Wildman–Crippen MR) is 39.1 cm³/mol. The molecular weight excluding hydrogens is 189 g/mol. The second-order valence-electron chi connectivity index (χ2n) is 2.20. The van der Waals surface area contributed by atoms with Gasteiger partial charge in [-0.25, -0.2) is 4.57 Å². The van der Waals surface area contributed by atoms with E-state index in [9.17, 15) is 4.57 Å². The summed E-state index contributed by atoms with van der Waals surface area (Å²) in [6.07, 6.45) is -1.24. The van der Waals surface area contributed by atoms with Gasteiger partial charge in [-0.05, 0) is 0 Å². The molecule has 0 rings (SSSR count). The first kappa shape index (κ1) is 12.0. The minimum atomic E-state index is -4.54. The lowest BCUT2D eigenvalue weighted by molar-refractivity contribution is 0.0531. The second-order valence-corrected chi connectivity index (χ2v) is 3.44. The molecule has 7 nitrogen and oxygen atoms in total. The molecule has 12 heavy (non-hydrogen) atoms. The van der Waals surface area contributed by atoms with Crippen LogP contribution >= 0.6 is 7.82 Å². The van der Waals surface area contributed by atoms with Crippen LogP contribution in [0.25, 0.3) is 0 Å². The number of hydrogen-bond acceptors (Lipinski definition) is 5. The molecule has 0 saturated carbocycles. The molecule has 0 radical (unpaired) electrons. The Morgan fingerprint density at radius 2 is 2.00 bits per heavy atom. The fourth-order valence-electron chi connectivity index (χ4n) is 0.430. The van der Waals surface area contributed by atoms with E-state index in [1.54, 1.807) is 0 Å². The van der Waals surface area contributed by atoms with E-state index in [-0.39, 0.29) is 0 Å². The van der Waals surface area contributed by atoms with Gasteiger partial charge < -0.3 is 25.7 Å². The van der Waals surface area contributed by atoms with Crippen LogP contribution in [0.5, 0.6) is 0 Å². The topological polar surface area (TPSA) is 133 Å². The summed E-state index contributed by atoms with van der Waals surface area (Å²) in [6, 6.07) is -1.01. The number of aliphatic hydroxyl groups is 2. The van der Waals surface area contributed by atoms with Crippen molar-refractivity contribution in [1.82, 2.24) is 0 Å². The summed E-state index contributed by atoms with van der Waals surface area (Å²) in [5.74, 6) is 0. The van der Waals surface area contributed by atoms with Gasteiger partial charge in [-0.1, -0.05) is 0 Å². The lowest BCUT2D eigenvalue weighted by Crippen LogP contribution is -2.40. The SMILES string of the molecule is NC(COP(=O)(O)O)C(O)CO. The Kier molecular flexibility index (Phi) is 4.88. The van der Waals surface area contributed by atoms with Crippen molar-refractivity contribution in [2.24, 2.45) is 5.73 Å². The summed E-state index contributed by atoms with van der Waals surface area (Å²) in [6.45, 7) is -1.09. The molecule has 0 aromatic carbocycles. The summed E-state index contributed by atoms with van der Waals surface area (Å²) in [5, 5.41) is 17.2. The summed E-state index contributed by atoms with van der Waals surface area (Å²) in [5.41, 5.74) is 5.16. The highest BCUT2D eigenvalue weighted by Crippen LogP contribution is 2.35. The second kappa shape index (κ2) is 4.88. The van der Waals surface area contributed by atoms with Gasteiger partial charge in [0.2, 0.25) is 0 Å². The van der Waals surface area contributed by atoms with Crippen molar-refractivity contribution in [3.8, 4) is 0 Å². The Labute approximate surface area is 69.0 Å². The molecule has 0 aromatic heterocycles. The van der Waals surface area contributed by atoms with E-state index in [1.807, 2.05) is 0 Å². The maximum Gasteiger partial charge on any atom is 0.469 e. The van der Waals surface area contributed by atoms with Crippen molar-refractivity contribution in [1.29, 1.82) is 0 Å². The first-order chi connectivity index (χ1) is 5.37. The van der Waals surface area contributed by atoms with Gasteiger partial charge in [0.15, 0.2) is 0 Å². The quantitative estimate of drug-likeness (QED) is 0.318. The maximum absolute atomic E-state index is 10.1. The van der Waals surface area contributed by atoms with Crippen molar-refractivity contribution in [2.45, 2.75) is 12.1 Å². The Hall–Kier alpha value is -0.0100. The third-order valence-corrected chi connectivity index (χ3v) is 1.60. The summed E-state index contributed by atoms with van der Waals surface area (Å²) >= 11 is 0. The van der Waals surface area contributed by atoms with E-state index >= 15 is 0 Å². The highest BCUT2D eigenvalue weighted by molar-refractivity contribution is 7.46. The number of phosphoric acid groups is 1. The largest absolute Gasteiger partial charge is 0.469 e. The molecule has 0 spiro atoms. The minimum absolute atomic E-state index is 0.508. The number of nitrogens with two attached hydrogens (primary N) is 1. The van der Waals surface area contributed by atoms with Gasteiger partial charge in [-0.2, -0.15) is 0 Å². The summed E-state index contributed by atoms with van der Waals surface area (Å²) < 4.78 is 14.1. The van der Waals surface area contributed by atoms with Crippen molar-refractivity contribution in [3.05, 3.63) is 0 Å². The van der Waals surface area contributed by atoms with Crippen LogP contribution in [0, 0.1) is 0 Å². The fraction of sp³-hybridized carbons (Fsp3) is 1.00. The zero-order chi connectivity index (χ0) is 9.78. The van der Waals surface area contributed by atoms with Crippen molar-refractivity contribution < 1.29 is 29.1 Å². The molecule has 0 fully saturated rings. The Bertz CT molecular complexity index is 169. The molecule has 8 heteroatoms. The normalized spacial score (nSPS) is 17.4. The van der Waals surface area contributed by atoms with Crippen LogP contribution in [0.2, 0.25) is 0 Å². The van der Waals surface area contributed by atoms with E-state index in [2.05, 4.69) is 4.52 Å². The molecule has 0 heterocycles. The van der Waals surface area contributed by atoms with Crippen molar-refractivity contribution >= 4 is 7.82 Å². The highest BCUT2D eigenvalue weighted by Gasteiger charge is 2.20. The molecule has 0 aromatic rings. The van der Waals surface area contributed by atoms with Crippen molar-refractivity contribution in [3.63, 3.8) is 0 Å². The summed E-state index contributed by atoms with van der Waals surface area (Å²) in [4.78, 5) is 16.4. The van der Waals surface area contributed by atoms with Crippen molar-refractivity contribution in [2.75, 3.05) is 13.2 Å². The van der Waals surface area contributed by atoms with Crippen LogP contribution in [0.4, 0.5) is 0 Å². The smallest absolute Gasteiger partial charge is 0.394 e. The predicted octanol–water partition coefficient (Wildman–Crippen LogP) is -2.22. The lowest BCUT2D eigenvalue weighted by Gasteiger charge is -2.16. The molecule has 0 bridgehead atoms. The number of phosphoric ester groups is 1. The number of hydrogen-bond donors (Lipinski definition) is 5. The zero-order valence-electron chi connectivity index (χ0n) is 6.20. The van der Waals surface area contributed by atoms with E-state index in [4.69, 9.17) is 25.7 Å². The molecule has 0 saturated heterocycles. The molecular formula is C4H12NO6P. The van der Waals surface area contributed by atoms with Crippen LogP contribution in [0.1, 0.15) is 0 Å². The third kappa shape index (κ3) is 5.62. The standard InChI is InChI=1S/C4H12NO6P/c5-3(4(7)1-6)2-11-12(8,9)10/h3-4,6-7H,1-2,5H2,(H2,8,9,10). The van der Waals surface area contributed by atoms with Gasteiger partial charge in [0.1, 0.15) is 0 Å². The van der Waals surface area contributed by atoms with Crippen LogP contribution in [0.3, 0.4) is 0 Å². The molecule has 2 unspecified atom stereocenters. The average molecular weight is 201 g/mol. The molecule has 0 amide bonds. The molecule has 2 atom stereocenters. The monoisotopic (exact) mass is 201 g/mol. The molecule has 74 valence electrons. The van der Waals surface area contributed by atoms with Crippen LogP contribution in [-0.2, 0) is 9.09 Å². The maximum atomic E-state index is 10.1. The van der Waals surface area contributed by atoms with Gasteiger partial charge in [-0.3, -0.25) is 4.52 Å². The van der Waals surface area contributed by atoms with E-state index in [1.165, 1.54) is 0 Å². The van der Waals surface area contributed by atoms with E-state index in [0.29, 0.717) is 0 Å². The number of rotatable bonds is 5. The van der Waals surface area contributed by atoms with Gasteiger partial charge in [0.25, 0.3) is 0 Å². The first-order valence-electron chi connectivity index (χ1n) is 3.11. The van der Waals surface area contributed by atoms with Gasteiger partial charge in [0.05, 0.1) is 25.4 Å². The Morgan fingerprint density at radius 1 is 1.50 bits per heavy atom. The van der Waals surface area contributed by atoms with Gasteiger partial charge in [0, 0.05) is 0 Å². The Balaban J connectivity index is 3.71. The lowest BCUT2D eigenvalue weighted by atomic mass is 10.2. The van der Waals surface area contributed by atoms with Crippen LogP contribution in [-0.4, -0.2) is 45.4 Å². The van der Waals surface area contributed by atoms with E-state index < -0.39 is 33.2 Å². The zero-order valence-corrected chi connectivity index (χ0v) is 7.09. The third-order valence-electron chi connectivity index (χ3n) is 1.12. The Morgan fingerprint density at radius 3 is 2.33 bits per heavy atom. The highest BCUT2D eigenvalue weighted by atomic mass is 31.2. The molecule has 0 aliphatic heterocycles. The number of aliphatic hydroxyl groups excluding tert-OH is 2. The molecule has 6 N–H and O–H groups in total. The first-order valence-corrected chi connectivity index (χ1v) is 4.64. The van der Waals surface area contributed by atoms with Crippen LogP contribution in [0.15, 0.2) is 0 Å². The minimum Gasteiger partial charge on any atom is -0.394 e. The average Bonchev–Trinajstić information content (AvgIpc) is 1.97. The summed E-state index contributed by atoms with van der Waals surface area (Å²) in [7, 11) is -4.54. The van der Waals surface area contributed by atoms with Crippen LogP contribution < -0.4 is 5.73 Å². The van der Waals surface area contributed by atoms with Gasteiger partial charge >= 0.3 is 7.82 Å². The fourth-order valence-corrected chi connectivity index (χ4v) is 0.796. The van der Waals surface area contributed by atoms with E-state index in [0.717, 1.165) is 0 Å². The van der Waals surface area contributed by atoms with Gasteiger partial charge in [-0.15, -0.1) is 0 Å².